The minimum Gasteiger partial charge on any atom is -0.325 e. The molecule has 4 aromatic rings. The highest BCUT2D eigenvalue weighted by atomic mass is 32.1. The van der Waals surface area contributed by atoms with Crippen molar-refractivity contribution in [1.82, 2.24) is 24.8 Å². The highest BCUT2D eigenvalue weighted by molar-refractivity contribution is 7.18. The lowest BCUT2D eigenvalue weighted by molar-refractivity contribution is 0.180. The first-order valence-electron chi connectivity index (χ1n) is 12.0. The molecule has 32 heavy (non-hydrogen) atoms. The first-order chi connectivity index (χ1) is 15.8. The van der Waals surface area contributed by atoms with E-state index < -0.39 is 0 Å². The summed E-state index contributed by atoms with van der Waals surface area (Å²) in [6.07, 6.45) is 3.31. The quantitative estimate of drug-likeness (QED) is 0.370. The van der Waals surface area contributed by atoms with Gasteiger partial charge in [0.15, 0.2) is 0 Å². The maximum Gasteiger partial charge on any atom is 0.111 e. The van der Waals surface area contributed by atoms with E-state index in [0.29, 0.717) is 6.04 Å². The normalized spacial score (nSPS) is 15.2. The van der Waals surface area contributed by atoms with Crippen molar-refractivity contribution in [2.45, 2.75) is 52.6 Å². The fourth-order valence-electron chi connectivity index (χ4n) is 4.57. The Bertz CT molecular complexity index is 1090. The summed E-state index contributed by atoms with van der Waals surface area (Å²) in [6, 6.07) is 17.6. The fourth-order valence-corrected chi connectivity index (χ4v) is 5.58. The van der Waals surface area contributed by atoms with Crippen LogP contribution in [-0.2, 0) is 13.0 Å². The minimum absolute atomic E-state index is 0.528. The van der Waals surface area contributed by atoms with Crippen LogP contribution in [0.25, 0.3) is 21.3 Å². The molecule has 5 rings (SSSR count). The Hall–Kier alpha value is -2.28. The number of nitrogens with zero attached hydrogens (tertiary/aromatic N) is 4. The number of hydrogen-bond acceptors (Lipinski definition) is 5. The summed E-state index contributed by atoms with van der Waals surface area (Å²) in [7, 11) is 0. The summed E-state index contributed by atoms with van der Waals surface area (Å²) in [5, 5.41) is 4.68. The molecule has 0 atom stereocenters. The maximum atomic E-state index is 4.97. The highest BCUT2D eigenvalue weighted by Crippen LogP contribution is 2.30. The van der Waals surface area contributed by atoms with E-state index in [-0.39, 0.29) is 0 Å². The van der Waals surface area contributed by atoms with Gasteiger partial charge >= 0.3 is 0 Å². The lowest BCUT2D eigenvalue weighted by Gasteiger charge is -2.33. The van der Waals surface area contributed by atoms with Gasteiger partial charge in [0.05, 0.1) is 27.8 Å². The van der Waals surface area contributed by atoms with E-state index in [1.54, 1.807) is 0 Å². The number of likely N-dealkylation sites (N-methyl/N-ethyl adjacent to an activating group) is 1. The average Bonchev–Trinajstić information content (AvgIpc) is 3.41. The summed E-state index contributed by atoms with van der Waals surface area (Å²) < 4.78 is 3.82. The molecule has 1 N–H and O–H groups in total. The lowest BCUT2D eigenvalue weighted by atomic mass is 10.0. The number of nitrogens with one attached hydrogen (secondary N) is 1. The zero-order chi connectivity index (χ0) is 22.3. The van der Waals surface area contributed by atoms with Crippen LogP contribution < -0.4 is 5.32 Å². The number of imidazole rings is 1. The third kappa shape index (κ3) is 5.03. The van der Waals surface area contributed by atoms with Crippen LogP contribution in [0.2, 0.25) is 0 Å². The molecule has 6 heteroatoms. The number of benzene rings is 2. The molecule has 0 aliphatic carbocycles. The Morgan fingerprint density at radius 2 is 1.69 bits per heavy atom. The van der Waals surface area contributed by atoms with Gasteiger partial charge in [-0.3, -0.25) is 4.90 Å². The number of para-hydroxylation sites is 3. The van der Waals surface area contributed by atoms with Crippen molar-refractivity contribution in [2.75, 3.05) is 26.2 Å². The van der Waals surface area contributed by atoms with Crippen LogP contribution in [0.15, 0.2) is 48.5 Å². The van der Waals surface area contributed by atoms with Crippen molar-refractivity contribution in [3.63, 3.8) is 0 Å². The molecule has 5 nitrogen and oxygen atoms in total. The van der Waals surface area contributed by atoms with Crippen LogP contribution in [0, 0.1) is 0 Å². The number of rotatable bonds is 7. The number of hydrogen-bond donors (Lipinski definition) is 1. The van der Waals surface area contributed by atoms with Crippen molar-refractivity contribution in [3.05, 3.63) is 59.4 Å². The molecule has 1 saturated heterocycles. The summed E-state index contributed by atoms with van der Waals surface area (Å²) >= 11 is 1.83. The third-order valence-electron chi connectivity index (χ3n) is 6.06. The van der Waals surface area contributed by atoms with E-state index in [2.05, 4.69) is 70.2 Å². The Kier molecular flexibility index (Phi) is 7.90. The summed E-state index contributed by atoms with van der Waals surface area (Å²) in [5.74, 6) is 1.22. The number of aromatic nitrogens is 3. The number of thiazole rings is 1. The van der Waals surface area contributed by atoms with Crippen molar-refractivity contribution < 1.29 is 0 Å². The first kappa shape index (κ1) is 22.9. The third-order valence-corrected chi connectivity index (χ3v) is 7.08. The second-order valence-electron chi connectivity index (χ2n) is 8.07. The predicted molar refractivity (Wildman–Crippen MR) is 136 cm³/mol. The summed E-state index contributed by atoms with van der Waals surface area (Å²) in [4.78, 5) is 12.4. The van der Waals surface area contributed by atoms with Crippen molar-refractivity contribution in [1.29, 1.82) is 0 Å². The van der Waals surface area contributed by atoms with Crippen molar-refractivity contribution >= 4 is 32.6 Å². The van der Waals surface area contributed by atoms with Gasteiger partial charge in [-0.05, 0) is 43.7 Å². The first-order valence-corrected chi connectivity index (χ1v) is 12.9. The van der Waals surface area contributed by atoms with Gasteiger partial charge in [-0.1, -0.05) is 45.0 Å². The molecular weight excluding hydrogens is 414 g/mol. The van der Waals surface area contributed by atoms with Gasteiger partial charge in [0.1, 0.15) is 10.8 Å². The van der Waals surface area contributed by atoms with Crippen LogP contribution >= 0.6 is 11.3 Å². The molecule has 1 aliphatic heterocycles. The number of piperidine rings is 1. The van der Waals surface area contributed by atoms with Crippen LogP contribution in [0.5, 0.6) is 0 Å². The molecule has 2 aromatic carbocycles. The Morgan fingerprint density at radius 3 is 2.44 bits per heavy atom. The largest absolute Gasteiger partial charge is 0.325 e. The molecule has 1 aliphatic rings. The monoisotopic (exact) mass is 449 g/mol. The van der Waals surface area contributed by atoms with E-state index in [4.69, 9.17) is 9.97 Å². The molecule has 0 spiro atoms. The number of likely N-dealkylation sites (tertiary alicyclic amines) is 1. The van der Waals surface area contributed by atoms with Gasteiger partial charge in [-0.15, -0.1) is 11.3 Å². The lowest BCUT2D eigenvalue weighted by Crippen LogP contribution is -2.34. The molecule has 0 unspecified atom stereocenters. The Labute approximate surface area is 195 Å². The molecule has 0 radical (unpaired) electrons. The van der Waals surface area contributed by atoms with Crippen LogP contribution in [0.1, 0.15) is 50.5 Å². The van der Waals surface area contributed by atoms with Crippen LogP contribution in [-0.4, -0.2) is 45.6 Å². The summed E-state index contributed by atoms with van der Waals surface area (Å²) in [6.45, 7) is 11.3. The van der Waals surface area contributed by atoms with Crippen molar-refractivity contribution in [3.8, 4) is 0 Å². The van der Waals surface area contributed by atoms with E-state index in [0.717, 1.165) is 50.2 Å². The smallest absolute Gasteiger partial charge is 0.111 e. The second-order valence-corrected chi connectivity index (χ2v) is 9.19. The summed E-state index contributed by atoms with van der Waals surface area (Å²) in [5.41, 5.74) is 3.54. The van der Waals surface area contributed by atoms with E-state index in [9.17, 15) is 0 Å². The molecule has 0 bridgehead atoms. The molecule has 0 saturated carbocycles. The molecule has 1 fully saturated rings. The fraction of sp³-hybridized carbons (Fsp3) is 0.462. The topological polar surface area (TPSA) is 46.0 Å². The van der Waals surface area contributed by atoms with Crippen molar-refractivity contribution in [2.24, 2.45) is 0 Å². The zero-order valence-corrected chi connectivity index (χ0v) is 20.4. The minimum atomic E-state index is 0.528. The number of fused-ring (bicyclic) bond motifs is 2. The Balaban J connectivity index is 0.00000119. The van der Waals surface area contributed by atoms with Gasteiger partial charge in [0.2, 0.25) is 0 Å². The van der Waals surface area contributed by atoms with Crippen LogP contribution in [0.3, 0.4) is 0 Å². The van der Waals surface area contributed by atoms with E-state index in [1.165, 1.54) is 33.9 Å². The van der Waals surface area contributed by atoms with Gasteiger partial charge in [0.25, 0.3) is 0 Å². The molecule has 0 amide bonds. The molecule has 170 valence electrons. The maximum absolute atomic E-state index is 4.97. The predicted octanol–water partition coefficient (Wildman–Crippen LogP) is 5.66. The van der Waals surface area contributed by atoms with Crippen LogP contribution in [0.4, 0.5) is 0 Å². The second kappa shape index (κ2) is 11.0. The van der Waals surface area contributed by atoms with Gasteiger partial charge in [-0.2, -0.15) is 0 Å². The zero-order valence-electron chi connectivity index (χ0n) is 19.6. The van der Waals surface area contributed by atoms with Gasteiger partial charge < -0.3 is 9.88 Å². The molecular formula is C26H35N5S. The molecule has 2 aromatic heterocycles. The Morgan fingerprint density at radius 1 is 0.969 bits per heavy atom. The average molecular weight is 450 g/mol. The van der Waals surface area contributed by atoms with E-state index >= 15 is 0 Å². The van der Waals surface area contributed by atoms with Gasteiger partial charge in [-0.25, -0.2) is 9.97 Å². The van der Waals surface area contributed by atoms with Gasteiger partial charge in [0, 0.05) is 32.1 Å². The van der Waals surface area contributed by atoms with E-state index in [1.807, 2.05) is 25.2 Å². The standard InChI is InChI=1S/C24H29N5S.C2H6/c1-2-25-14-11-23-26-19-7-3-5-9-21(19)29(23)18-12-15-28(16-13-18)17-24-27-20-8-4-6-10-22(20)30-24;1-2/h3-10,18,25H,2,11-17H2,1H3;1-2H3. The SMILES string of the molecule is CC.CCNCCc1nc2ccccc2n1C1CCN(Cc2nc3ccccc3s2)CC1. The highest BCUT2D eigenvalue weighted by Gasteiger charge is 2.25. The molecule has 3 heterocycles.